The minimum Gasteiger partial charge on any atom is -0.496 e. The number of ether oxygens (including phenoxy) is 1. The normalized spacial score (nSPS) is 12.2. The third kappa shape index (κ3) is 2.99. The predicted octanol–water partition coefficient (Wildman–Crippen LogP) is 3.11. The standard InChI is InChI=1S/C12H16O2S/c1-9(6-7-13)11-8-10(15-3)4-5-12(11)14-2/h4-5,7-9H,6H2,1-3H3. The molecule has 0 bridgehead atoms. The molecule has 0 aliphatic heterocycles. The van der Waals surface area contributed by atoms with Crippen LogP contribution < -0.4 is 4.74 Å². The van der Waals surface area contributed by atoms with Gasteiger partial charge in [0.25, 0.3) is 0 Å². The molecule has 1 rings (SSSR count). The summed E-state index contributed by atoms with van der Waals surface area (Å²) in [6.45, 7) is 2.04. The number of benzene rings is 1. The zero-order valence-corrected chi connectivity index (χ0v) is 10.1. The molecule has 0 heterocycles. The fourth-order valence-electron chi connectivity index (χ4n) is 1.50. The number of methoxy groups -OCH3 is 1. The lowest BCUT2D eigenvalue weighted by atomic mass is 9.97. The molecular formula is C12H16O2S. The summed E-state index contributed by atoms with van der Waals surface area (Å²) in [7, 11) is 1.66. The van der Waals surface area contributed by atoms with Crippen LogP contribution in [-0.2, 0) is 4.79 Å². The molecule has 82 valence electrons. The van der Waals surface area contributed by atoms with Crippen LogP contribution in [0, 0.1) is 0 Å². The molecule has 1 unspecified atom stereocenters. The quantitative estimate of drug-likeness (QED) is 0.568. The average Bonchev–Trinajstić information content (AvgIpc) is 2.28. The fourth-order valence-corrected chi connectivity index (χ4v) is 1.94. The van der Waals surface area contributed by atoms with Crippen LogP contribution in [0.2, 0.25) is 0 Å². The van der Waals surface area contributed by atoms with Gasteiger partial charge in [-0.3, -0.25) is 0 Å². The molecule has 2 nitrogen and oxygen atoms in total. The van der Waals surface area contributed by atoms with E-state index in [1.807, 2.05) is 25.3 Å². The third-order valence-electron chi connectivity index (χ3n) is 2.42. The number of aldehydes is 1. The number of carbonyl (C=O) groups is 1. The first-order valence-corrected chi connectivity index (χ1v) is 6.11. The Morgan fingerprint density at radius 1 is 1.53 bits per heavy atom. The highest BCUT2D eigenvalue weighted by Gasteiger charge is 2.11. The van der Waals surface area contributed by atoms with Crippen molar-refractivity contribution in [2.45, 2.75) is 24.2 Å². The number of hydrogen-bond acceptors (Lipinski definition) is 3. The van der Waals surface area contributed by atoms with Crippen LogP contribution in [-0.4, -0.2) is 19.7 Å². The highest BCUT2D eigenvalue weighted by molar-refractivity contribution is 7.98. The maximum Gasteiger partial charge on any atom is 0.122 e. The van der Waals surface area contributed by atoms with E-state index in [1.54, 1.807) is 18.9 Å². The Hall–Kier alpha value is -0.960. The molecule has 0 spiro atoms. The van der Waals surface area contributed by atoms with Crippen molar-refractivity contribution < 1.29 is 9.53 Å². The highest BCUT2D eigenvalue weighted by atomic mass is 32.2. The van der Waals surface area contributed by atoms with Crippen molar-refractivity contribution in [3.63, 3.8) is 0 Å². The van der Waals surface area contributed by atoms with Crippen LogP contribution in [0.3, 0.4) is 0 Å². The molecule has 0 N–H and O–H groups in total. The first-order chi connectivity index (χ1) is 7.22. The zero-order chi connectivity index (χ0) is 11.3. The summed E-state index contributed by atoms with van der Waals surface area (Å²) in [6, 6.07) is 6.08. The molecule has 1 aromatic rings. The van der Waals surface area contributed by atoms with Crippen molar-refractivity contribution in [3.8, 4) is 5.75 Å². The van der Waals surface area contributed by atoms with Gasteiger partial charge in [-0.1, -0.05) is 6.92 Å². The first kappa shape index (κ1) is 12.1. The first-order valence-electron chi connectivity index (χ1n) is 4.88. The van der Waals surface area contributed by atoms with Crippen molar-refractivity contribution >= 4 is 18.0 Å². The fraction of sp³-hybridized carbons (Fsp3) is 0.417. The van der Waals surface area contributed by atoms with Crippen LogP contribution in [0.15, 0.2) is 23.1 Å². The molecule has 0 aromatic heterocycles. The van der Waals surface area contributed by atoms with Gasteiger partial charge in [0.1, 0.15) is 12.0 Å². The van der Waals surface area contributed by atoms with Gasteiger partial charge < -0.3 is 9.53 Å². The van der Waals surface area contributed by atoms with E-state index in [4.69, 9.17) is 4.74 Å². The lowest BCUT2D eigenvalue weighted by molar-refractivity contribution is -0.108. The largest absolute Gasteiger partial charge is 0.496 e. The number of hydrogen-bond donors (Lipinski definition) is 0. The summed E-state index contributed by atoms with van der Waals surface area (Å²) in [5, 5.41) is 0. The topological polar surface area (TPSA) is 26.3 Å². The Morgan fingerprint density at radius 2 is 2.27 bits per heavy atom. The molecule has 1 atom stereocenters. The van der Waals surface area contributed by atoms with Crippen molar-refractivity contribution in [2.24, 2.45) is 0 Å². The van der Waals surface area contributed by atoms with Gasteiger partial charge in [0.15, 0.2) is 0 Å². The van der Waals surface area contributed by atoms with Crippen molar-refractivity contribution in [1.29, 1.82) is 0 Å². The van der Waals surface area contributed by atoms with Gasteiger partial charge in [0.2, 0.25) is 0 Å². The smallest absolute Gasteiger partial charge is 0.122 e. The van der Waals surface area contributed by atoms with Crippen molar-refractivity contribution in [1.82, 2.24) is 0 Å². The summed E-state index contributed by atoms with van der Waals surface area (Å²) in [4.78, 5) is 11.7. The van der Waals surface area contributed by atoms with Gasteiger partial charge in [-0.2, -0.15) is 0 Å². The molecule has 0 saturated heterocycles. The third-order valence-corrected chi connectivity index (χ3v) is 3.14. The molecular weight excluding hydrogens is 208 g/mol. The Morgan fingerprint density at radius 3 is 2.80 bits per heavy atom. The molecule has 0 saturated carbocycles. The van der Waals surface area contributed by atoms with E-state index in [1.165, 1.54) is 4.90 Å². The molecule has 0 fully saturated rings. The van der Waals surface area contributed by atoms with Crippen molar-refractivity contribution in [2.75, 3.05) is 13.4 Å². The van der Waals surface area contributed by atoms with Gasteiger partial charge in [-0.15, -0.1) is 11.8 Å². The highest BCUT2D eigenvalue weighted by Crippen LogP contribution is 2.31. The molecule has 0 aliphatic rings. The maximum atomic E-state index is 10.5. The molecule has 15 heavy (non-hydrogen) atoms. The van der Waals surface area contributed by atoms with Gasteiger partial charge in [0, 0.05) is 11.3 Å². The summed E-state index contributed by atoms with van der Waals surface area (Å²) < 4.78 is 5.29. The van der Waals surface area contributed by atoms with Gasteiger partial charge in [-0.05, 0) is 35.9 Å². The molecule has 1 aromatic carbocycles. The number of rotatable bonds is 5. The van der Waals surface area contributed by atoms with E-state index in [0.29, 0.717) is 6.42 Å². The van der Waals surface area contributed by atoms with E-state index >= 15 is 0 Å². The van der Waals surface area contributed by atoms with Crippen LogP contribution in [0.5, 0.6) is 5.75 Å². The molecule has 3 heteroatoms. The molecule has 0 radical (unpaired) electrons. The second-order valence-electron chi connectivity index (χ2n) is 3.41. The Bertz CT molecular complexity index is 336. The van der Waals surface area contributed by atoms with Gasteiger partial charge in [-0.25, -0.2) is 0 Å². The van der Waals surface area contributed by atoms with E-state index in [9.17, 15) is 4.79 Å². The second-order valence-corrected chi connectivity index (χ2v) is 4.29. The number of thioether (sulfide) groups is 1. The zero-order valence-electron chi connectivity index (χ0n) is 9.32. The lowest BCUT2D eigenvalue weighted by Crippen LogP contribution is -1.98. The monoisotopic (exact) mass is 224 g/mol. The lowest BCUT2D eigenvalue weighted by Gasteiger charge is -2.14. The van der Waals surface area contributed by atoms with E-state index in [0.717, 1.165) is 17.6 Å². The Balaban J connectivity index is 3.04. The van der Waals surface area contributed by atoms with Gasteiger partial charge in [0.05, 0.1) is 7.11 Å². The average molecular weight is 224 g/mol. The Kier molecular flexibility index (Phi) is 4.69. The summed E-state index contributed by atoms with van der Waals surface area (Å²) in [5.41, 5.74) is 1.11. The van der Waals surface area contributed by atoms with Crippen LogP contribution in [0.1, 0.15) is 24.8 Å². The van der Waals surface area contributed by atoms with Crippen LogP contribution in [0.25, 0.3) is 0 Å². The molecule has 0 aliphatic carbocycles. The predicted molar refractivity (Wildman–Crippen MR) is 63.9 cm³/mol. The minimum absolute atomic E-state index is 0.213. The van der Waals surface area contributed by atoms with E-state index in [2.05, 4.69) is 6.07 Å². The van der Waals surface area contributed by atoms with Crippen molar-refractivity contribution in [3.05, 3.63) is 23.8 Å². The van der Waals surface area contributed by atoms with E-state index < -0.39 is 0 Å². The Labute approximate surface area is 95.0 Å². The summed E-state index contributed by atoms with van der Waals surface area (Å²) in [5.74, 6) is 1.08. The van der Waals surface area contributed by atoms with Crippen LogP contribution in [0.4, 0.5) is 0 Å². The second kappa shape index (κ2) is 5.81. The number of carbonyl (C=O) groups excluding carboxylic acids is 1. The summed E-state index contributed by atoms with van der Waals surface area (Å²) in [6.07, 6.45) is 3.53. The minimum atomic E-state index is 0.213. The summed E-state index contributed by atoms with van der Waals surface area (Å²) >= 11 is 1.69. The molecule has 0 amide bonds. The SMILES string of the molecule is COc1ccc(SC)cc1C(C)CC=O. The maximum absolute atomic E-state index is 10.5. The van der Waals surface area contributed by atoms with Crippen LogP contribution >= 0.6 is 11.8 Å². The van der Waals surface area contributed by atoms with E-state index in [-0.39, 0.29) is 5.92 Å². The van der Waals surface area contributed by atoms with Gasteiger partial charge >= 0.3 is 0 Å².